The SMILES string of the molecule is CC(C)(C)c1cc(N2c3c(cc(C(C)(C)C)cc3C(C)(C)C)B3c4c(c(C(C)(C)C)cc(C(C)(C)C)c42)-c2cccc4c5ccccc5n3c24)cc(C(C)(C)C)c1. The van der Waals surface area contributed by atoms with E-state index in [1.165, 1.54) is 94.3 Å². The van der Waals surface area contributed by atoms with Crippen LogP contribution in [0.3, 0.4) is 0 Å². The molecule has 2 aliphatic heterocycles. The molecule has 0 spiro atoms. The van der Waals surface area contributed by atoms with E-state index < -0.39 is 0 Å². The molecule has 8 rings (SSSR count). The number of nitrogens with zero attached hydrogens (tertiary/aromatic N) is 2. The Bertz CT molecular complexity index is 2590. The van der Waals surface area contributed by atoms with Crippen LogP contribution in [0.4, 0.5) is 17.1 Å². The molecule has 0 radical (unpaired) electrons. The molecule has 57 heavy (non-hydrogen) atoms. The van der Waals surface area contributed by atoms with Crippen molar-refractivity contribution in [2.24, 2.45) is 0 Å². The molecule has 6 aromatic rings. The summed E-state index contributed by atoms with van der Waals surface area (Å²) in [5.41, 5.74) is 20.2. The lowest BCUT2D eigenvalue weighted by Crippen LogP contribution is -2.58. The fraction of sp³-hybridized carbons (Fsp3) is 0.444. The Balaban J connectivity index is 1.71. The van der Waals surface area contributed by atoms with Gasteiger partial charge in [-0.2, -0.15) is 0 Å². The summed E-state index contributed by atoms with van der Waals surface area (Å²) in [4.78, 5) is 2.77. The fourth-order valence-corrected chi connectivity index (χ4v) is 9.70. The van der Waals surface area contributed by atoms with E-state index in [2.05, 4.69) is 213 Å². The summed E-state index contributed by atoms with van der Waals surface area (Å²) in [6.45, 7) is 43.2. The zero-order valence-corrected chi connectivity index (χ0v) is 38.5. The molecule has 2 aliphatic rings. The van der Waals surface area contributed by atoms with Gasteiger partial charge in [-0.1, -0.05) is 185 Å². The zero-order chi connectivity index (χ0) is 41.7. The summed E-state index contributed by atoms with van der Waals surface area (Å²) in [5.74, 6) is 0. The summed E-state index contributed by atoms with van der Waals surface area (Å²) >= 11 is 0. The molecular weight excluding hydrogens is 687 g/mol. The topological polar surface area (TPSA) is 8.17 Å². The molecule has 3 heterocycles. The molecule has 1 aromatic heterocycles. The van der Waals surface area contributed by atoms with E-state index in [0.717, 1.165) is 0 Å². The number of benzene rings is 5. The van der Waals surface area contributed by atoms with Crippen molar-refractivity contribution in [1.29, 1.82) is 0 Å². The molecule has 0 N–H and O–H groups in total. The second-order valence-corrected chi connectivity index (χ2v) is 23.7. The van der Waals surface area contributed by atoms with E-state index in [1.807, 2.05) is 0 Å². The fourth-order valence-electron chi connectivity index (χ4n) is 9.70. The zero-order valence-electron chi connectivity index (χ0n) is 38.5. The van der Waals surface area contributed by atoms with Crippen LogP contribution in [0.1, 0.15) is 158 Å². The van der Waals surface area contributed by atoms with Gasteiger partial charge in [-0.25, -0.2) is 0 Å². The summed E-state index contributed by atoms with van der Waals surface area (Å²) in [7, 11) is 0. The molecule has 0 fully saturated rings. The van der Waals surface area contributed by atoms with Crippen LogP contribution in [0.15, 0.2) is 78.9 Å². The molecule has 0 amide bonds. The highest BCUT2D eigenvalue weighted by Crippen LogP contribution is 2.53. The second kappa shape index (κ2) is 12.2. The van der Waals surface area contributed by atoms with Gasteiger partial charge in [-0.05, 0) is 101 Å². The van der Waals surface area contributed by atoms with Gasteiger partial charge in [0.15, 0.2) is 0 Å². The average molecular weight is 755 g/mol. The van der Waals surface area contributed by atoms with E-state index in [-0.39, 0.29) is 39.3 Å². The van der Waals surface area contributed by atoms with Crippen molar-refractivity contribution in [3.63, 3.8) is 0 Å². The molecule has 0 bridgehead atoms. The predicted octanol–water partition coefficient (Wildman–Crippen LogP) is 14.0. The van der Waals surface area contributed by atoms with Crippen LogP contribution in [-0.4, -0.2) is 11.3 Å². The first-order valence-electron chi connectivity index (χ1n) is 21.5. The molecule has 5 aromatic carbocycles. The minimum absolute atomic E-state index is 0.0155. The first-order chi connectivity index (χ1) is 26.1. The third-order valence-corrected chi connectivity index (χ3v) is 12.9. The Morgan fingerprint density at radius 2 is 0.947 bits per heavy atom. The van der Waals surface area contributed by atoms with Crippen molar-refractivity contribution < 1.29 is 0 Å². The van der Waals surface area contributed by atoms with Crippen LogP contribution in [0.2, 0.25) is 0 Å². The molecule has 3 heteroatoms. The Labute approximate surface area is 345 Å². The van der Waals surface area contributed by atoms with Crippen LogP contribution < -0.4 is 15.8 Å². The highest BCUT2D eigenvalue weighted by molar-refractivity contribution is 6.90. The Hall–Kier alpha value is -4.24. The maximum atomic E-state index is 2.77. The minimum atomic E-state index is -0.141. The molecule has 0 aliphatic carbocycles. The van der Waals surface area contributed by atoms with Crippen molar-refractivity contribution in [2.75, 3.05) is 4.90 Å². The number of hydrogen-bond donors (Lipinski definition) is 0. The highest BCUT2D eigenvalue weighted by Gasteiger charge is 2.48. The molecule has 0 saturated heterocycles. The quantitative estimate of drug-likeness (QED) is 0.152. The second-order valence-electron chi connectivity index (χ2n) is 23.7. The van der Waals surface area contributed by atoms with E-state index >= 15 is 0 Å². The third kappa shape index (κ3) is 6.12. The molecule has 296 valence electrons. The minimum Gasteiger partial charge on any atom is -0.375 e. The monoisotopic (exact) mass is 755 g/mol. The van der Waals surface area contributed by atoms with Crippen LogP contribution >= 0.6 is 0 Å². The van der Waals surface area contributed by atoms with Gasteiger partial charge >= 0.3 is 6.85 Å². The summed E-state index contributed by atoms with van der Waals surface area (Å²) in [6, 6.07) is 31.6. The number of anilines is 3. The Morgan fingerprint density at radius 1 is 0.439 bits per heavy atom. The third-order valence-electron chi connectivity index (χ3n) is 12.9. The number of aromatic nitrogens is 1. The van der Waals surface area contributed by atoms with Crippen molar-refractivity contribution >= 4 is 56.6 Å². The normalized spacial score (nSPS) is 14.8. The standard InChI is InChI=1S/C54H67BN2/c1-49(2,3)32-26-33(50(4,5)6)28-35(27-32)56-47-40(53(13,14)15)29-34(51(7,8)9)30-42(47)55-45-44(39(52(10,11)12)31-41(48(45)56)54(16,17)18)38-24-21-23-37-36-22-19-20-25-43(36)57(55)46(37)38/h19-31H,1-18H3. The van der Waals surface area contributed by atoms with Gasteiger partial charge < -0.3 is 9.38 Å². The van der Waals surface area contributed by atoms with E-state index in [4.69, 9.17) is 0 Å². The first-order valence-corrected chi connectivity index (χ1v) is 21.5. The highest BCUT2D eigenvalue weighted by atomic mass is 15.2. The molecule has 0 unspecified atom stereocenters. The maximum absolute atomic E-state index is 2.77. The Morgan fingerprint density at radius 3 is 1.49 bits per heavy atom. The van der Waals surface area contributed by atoms with Gasteiger partial charge in [0.05, 0.1) is 0 Å². The van der Waals surface area contributed by atoms with Gasteiger partial charge in [-0.3, -0.25) is 0 Å². The summed E-state index contributed by atoms with van der Waals surface area (Å²) in [5, 5.41) is 2.67. The van der Waals surface area contributed by atoms with Crippen LogP contribution in [0, 0.1) is 0 Å². The average Bonchev–Trinajstić information content (AvgIpc) is 3.41. The van der Waals surface area contributed by atoms with Gasteiger partial charge in [0.2, 0.25) is 0 Å². The van der Waals surface area contributed by atoms with Gasteiger partial charge in [0.1, 0.15) is 0 Å². The smallest absolute Gasteiger partial charge is 0.333 e. The van der Waals surface area contributed by atoms with Gasteiger partial charge in [0.25, 0.3) is 0 Å². The van der Waals surface area contributed by atoms with Gasteiger partial charge in [0, 0.05) is 44.4 Å². The molecule has 2 nitrogen and oxygen atoms in total. The molecule has 0 saturated carbocycles. The van der Waals surface area contributed by atoms with Crippen LogP contribution in [0.5, 0.6) is 0 Å². The summed E-state index contributed by atoms with van der Waals surface area (Å²) < 4.78 is 2.76. The van der Waals surface area contributed by atoms with Gasteiger partial charge in [-0.15, -0.1) is 0 Å². The van der Waals surface area contributed by atoms with Crippen molar-refractivity contribution in [1.82, 2.24) is 4.48 Å². The maximum Gasteiger partial charge on any atom is 0.333 e. The number of para-hydroxylation sites is 2. The van der Waals surface area contributed by atoms with Crippen molar-refractivity contribution in [3.8, 4) is 11.1 Å². The van der Waals surface area contributed by atoms with E-state index in [1.54, 1.807) is 0 Å². The molecular formula is C54H67BN2. The first kappa shape index (κ1) is 39.6. The van der Waals surface area contributed by atoms with Crippen LogP contribution in [-0.2, 0) is 32.5 Å². The van der Waals surface area contributed by atoms with Crippen molar-refractivity contribution in [3.05, 3.63) is 112 Å². The lowest BCUT2D eigenvalue weighted by atomic mass is 9.43. The van der Waals surface area contributed by atoms with E-state index in [9.17, 15) is 0 Å². The largest absolute Gasteiger partial charge is 0.375 e. The lowest BCUT2D eigenvalue weighted by molar-refractivity contribution is 0.565. The molecule has 0 atom stereocenters. The van der Waals surface area contributed by atoms with Crippen molar-refractivity contribution in [2.45, 2.75) is 157 Å². The van der Waals surface area contributed by atoms with E-state index in [0.29, 0.717) is 0 Å². The number of rotatable bonds is 1. The lowest BCUT2D eigenvalue weighted by Gasteiger charge is -2.47. The number of hydrogen-bond acceptors (Lipinski definition) is 1. The van der Waals surface area contributed by atoms with Crippen LogP contribution in [0.25, 0.3) is 32.9 Å². The summed E-state index contributed by atoms with van der Waals surface area (Å²) in [6.07, 6.45) is 0. The Kier molecular flexibility index (Phi) is 8.44. The number of fused-ring (bicyclic) bond motifs is 7. The predicted molar refractivity (Wildman–Crippen MR) is 252 cm³/mol.